The van der Waals surface area contributed by atoms with Gasteiger partial charge in [0.25, 0.3) is 0 Å². The van der Waals surface area contributed by atoms with Crippen LogP contribution in [0.5, 0.6) is 0 Å². The average molecular weight is 281 g/mol. The molecular weight excluding hydrogens is 266 g/mol. The van der Waals surface area contributed by atoms with E-state index < -0.39 is 36.4 Å². The molecule has 0 spiro atoms. The van der Waals surface area contributed by atoms with Crippen molar-refractivity contribution in [2.24, 2.45) is 0 Å². The number of carbonyl (C=O) groups is 4. The Morgan fingerprint density at radius 2 is 2.20 bits per heavy atom. The average Bonchev–Trinajstić information content (AvgIpc) is 2.36. The minimum Gasteiger partial charge on any atom is -0.480 e. The third kappa shape index (κ3) is 3.47. The van der Waals surface area contributed by atoms with Crippen LogP contribution in [-0.4, -0.2) is 64.4 Å². The van der Waals surface area contributed by atoms with Crippen LogP contribution in [0.25, 0.3) is 0 Å². The van der Waals surface area contributed by atoms with Gasteiger partial charge in [0.05, 0.1) is 6.54 Å². The monoisotopic (exact) mass is 281 g/mol. The largest absolute Gasteiger partial charge is 0.480 e. The van der Waals surface area contributed by atoms with Crippen LogP contribution in [0.3, 0.4) is 0 Å². The summed E-state index contributed by atoms with van der Waals surface area (Å²) in [6.45, 7) is 0.576. The summed E-state index contributed by atoms with van der Waals surface area (Å²) >= 11 is 0. The van der Waals surface area contributed by atoms with Crippen molar-refractivity contribution in [2.45, 2.75) is 19.4 Å². The van der Waals surface area contributed by atoms with Gasteiger partial charge in [0.15, 0.2) is 0 Å². The molecule has 8 nitrogen and oxygen atoms in total. The lowest BCUT2D eigenvalue weighted by Crippen LogP contribution is -2.62. The number of piperazine rings is 1. The van der Waals surface area contributed by atoms with Crippen LogP contribution < -0.4 is 5.32 Å². The Bertz CT molecular complexity index is 482. The smallest absolute Gasteiger partial charge is 0.323 e. The zero-order chi connectivity index (χ0) is 15.3. The van der Waals surface area contributed by atoms with E-state index >= 15 is 0 Å². The summed E-state index contributed by atoms with van der Waals surface area (Å²) in [4.78, 5) is 47.9. The van der Waals surface area contributed by atoms with Gasteiger partial charge in [-0.1, -0.05) is 12.8 Å². The maximum absolute atomic E-state index is 12.2. The zero-order valence-electron chi connectivity index (χ0n) is 11.0. The topological polar surface area (TPSA) is 107 Å². The zero-order valence-corrected chi connectivity index (χ0v) is 11.0. The molecule has 0 aliphatic carbocycles. The van der Waals surface area contributed by atoms with Gasteiger partial charge >= 0.3 is 12.0 Å². The van der Waals surface area contributed by atoms with E-state index in [9.17, 15) is 19.2 Å². The number of carboxylic acid groups (broad SMARTS) is 1. The fraction of sp³-hybridized carbons (Fsp3) is 0.500. The van der Waals surface area contributed by atoms with E-state index in [4.69, 9.17) is 11.5 Å². The molecule has 2 N–H and O–H groups in total. The van der Waals surface area contributed by atoms with E-state index in [-0.39, 0.29) is 13.1 Å². The molecule has 1 saturated heterocycles. The van der Waals surface area contributed by atoms with Crippen molar-refractivity contribution in [1.82, 2.24) is 15.1 Å². The van der Waals surface area contributed by atoms with Crippen molar-refractivity contribution in [3.63, 3.8) is 0 Å². The fourth-order valence-corrected chi connectivity index (χ4v) is 1.92. The van der Waals surface area contributed by atoms with Crippen molar-refractivity contribution < 1.29 is 24.3 Å². The Morgan fingerprint density at radius 3 is 2.70 bits per heavy atom. The molecule has 1 heterocycles. The number of amides is 4. The number of imide groups is 1. The van der Waals surface area contributed by atoms with Crippen molar-refractivity contribution in [2.75, 3.05) is 19.6 Å². The first-order chi connectivity index (χ1) is 9.40. The minimum atomic E-state index is -1.23. The Kier molecular flexibility index (Phi) is 5.08. The predicted molar refractivity (Wildman–Crippen MR) is 67.4 cm³/mol. The highest BCUT2D eigenvalue weighted by Crippen LogP contribution is 2.12. The number of urea groups is 1. The molecule has 0 aromatic rings. The van der Waals surface area contributed by atoms with Gasteiger partial charge in [-0.25, -0.2) is 4.79 Å². The number of aliphatic carboxylic acids is 1. The maximum Gasteiger partial charge on any atom is 0.323 e. The third-order valence-corrected chi connectivity index (χ3v) is 2.77. The summed E-state index contributed by atoms with van der Waals surface area (Å²) in [5.74, 6) is -0.233. The molecule has 108 valence electrons. The van der Waals surface area contributed by atoms with E-state index in [2.05, 4.69) is 11.2 Å². The normalized spacial score (nSPS) is 18.2. The van der Waals surface area contributed by atoms with Crippen LogP contribution in [0.4, 0.5) is 4.79 Å². The Morgan fingerprint density at radius 1 is 1.55 bits per heavy atom. The molecule has 0 saturated carbocycles. The Labute approximate surface area is 115 Å². The highest BCUT2D eigenvalue weighted by Gasteiger charge is 2.37. The number of carboxylic acids is 1. The molecule has 0 aromatic heterocycles. The summed E-state index contributed by atoms with van der Waals surface area (Å²) in [5, 5.41) is 10.9. The molecule has 4 amide bonds. The molecule has 1 aliphatic heterocycles. The predicted octanol–water partition coefficient (Wildman–Crippen LogP) is -1.14. The summed E-state index contributed by atoms with van der Waals surface area (Å²) in [6, 6.07) is -1.55. The first-order valence-electron chi connectivity index (χ1n) is 5.95. The van der Waals surface area contributed by atoms with E-state index in [1.165, 1.54) is 0 Å². The summed E-state index contributed by atoms with van der Waals surface area (Å²) in [5.41, 5.74) is 0. The molecule has 0 bridgehead atoms. The molecule has 8 heteroatoms. The van der Waals surface area contributed by atoms with Crippen molar-refractivity contribution in [1.29, 1.82) is 0 Å². The SMILES string of the molecule is C#CCN(CC(=O)O)C(=O)N1CC(=O)NC(=O)C1CC. The van der Waals surface area contributed by atoms with Crippen LogP contribution in [0.1, 0.15) is 13.3 Å². The first-order valence-corrected chi connectivity index (χ1v) is 5.95. The number of nitrogens with zero attached hydrogens (tertiary/aromatic N) is 2. The molecular formula is C12H15N3O5. The molecule has 0 aromatic carbocycles. The van der Waals surface area contributed by atoms with Gasteiger partial charge in [0.2, 0.25) is 11.8 Å². The van der Waals surface area contributed by atoms with Crippen molar-refractivity contribution in [3.8, 4) is 12.3 Å². The number of carbonyl (C=O) groups excluding carboxylic acids is 3. The van der Waals surface area contributed by atoms with Crippen LogP contribution in [-0.2, 0) is 14.4 Å². The minimum absolute atomic E-state index is 0.214. The Balaban J connectivity index is 2.95. The van der Waals surface area contributed by atoms with Gasteiger partial charge in [-0.05, 0) is 6.42 Å². The highest BCUT2D eigenvalue weighted by molar-refractivity contribution is 6.04. The van der Waals surface area contributed by atoms with Gasteiger partial charge < -0.3 is 14.9 Å². The third-order valence-electron chi connectivity index (χ3n) is 2.77. The van der Waals surface area contributed by atoms with E-state index in [0.29, 0.717) is 6.42 Å². The van der Waals surface area contributed by atoms with E-state index in [1.54, 1.807) is 6.92 Å². The summed E-state index contributed by atoms with van der Waals surface area (Å²) in [6.07, 6.45) is 5.40. The number of hydrogen-bond donors (Lipinski definition) is 2. The lowest BCUT2D eigenvalue weighted by Gasteiger charge is -2.36. The maximum atomic E-state index is 12.2. The van der Waals surface area contributed by atoms with Gasteiger partial charge in [-0.3, -0.25) is 19.7 Å². The Hall–Kier alpha value is -2.56. The summed E-state index contributed by atoms with van der Waals surface area (Å²) in [7, 11) is 0. The van der Waals surface area contributed by atoms with Crippen molar-refractivity contribution in [3.05, 3.63) is 0 Å². The number of rotatable bonds is 4. The van der Waals surface area contributed by atoms with Gasteiger partial charge in [0, 0.05) is 0 Å². The second-order valence-corrected chi connectivity index (χ2v) is 4.20. The molecule has 1 aliphatic rings. The second kappa shape index (κ2) is 6.56. The number of hydrogen-bond acceptors (Lipinski definition) is 4. The lowest BCUT2D eigenvalue weighted by atomic mass is 10.1. The number of nitrogens with one attached hydrogen (secondary N) is 1. The van der Waals surface area contributed by atoms with E-state index in [0.717, 1.165) is 9.80 Å². The fourth-order valence-electron chi connectivity index (χ4n) is 1.92. The van der Waals surface area contributed by atoms with Crippen LogP contribution in [0, 0.1) is 12.3 Å². The molecule has 1 rings (SSSR count). The van der Waals surface area contributed by atoms with Gasteiger partial charge in [-0.2, -0.15) is 0 Å². The van der Waals surface area contributed by atoms with Gasteiger partial charge in [0.1, 0.15) is 19.1 Å². The number of terminal acetylenes is 1. The molecule has 20 heavy (non-hydrogen) atoms. The molecule has 1 fully saturated rings. The van der Waals surface area contributed by atoms with Crippen LogP contribution in [0.2, 0.25) is 0 Å². The molecule has 1 unspecified atom stereocenters. The highest BCUT2D eigenvalue weighted by atomic mass is 16.4. The standard InChI is InChI=1S/C12H15N3O5/c1-3-5-14(7-10(17)18)12(20)15-6-9(16)13-11(19)8(15)4-2/h1,8H,4-7H2,2H3,(H,17,18)(H,13,16,19). The molecule has 1 atom stereocenters. The molecule has 0 radical (unpaired) electrons. The lowest BCUT2D eigenvalue weighted by molar-refractivity contribution is -0.138. The first kappa shape index (κ1) is 15.5. The van der Waals surface area contributed by atoms with Crippen LogP contribution >= 0.6 is 0 Å². The van der Waals surface area contributed by atoms with E-state index in [1.807, 2.05) is 0 Å². The quantitative estimate of drug-likeness (QED) is 0.500. The van der Waals surface area contributed by atoms with Gasteiger partial charge in [-0.15, -0.1) is 6.42 Å². The second-order valence-electron chi connectivity index (χ2n) is 4.20. The summed E-state index contributed by atoms with van der Waals surface area (Å²) < 4.78 is 0. The van der Waals surface area contributed by atoms with Crippen molar-refractivity contribution >= 4 is 23.8 Å². The van der Waals surface area contributed by atoms with Crippen LogP contribution in [0.15, 0.2) is 0 Å².